The van der Waals surface area contributed by atoms with Crippen LogP contribution in [0.2, 0.25) is 0 Å². The van der Waals surface area contributed by atoms with Gasteiger partial charge in [-0.3, -0.25) is 4.79 Å². The standard InChI is InChI=1S/C17H18N2O/c1-11-7-8-15(12(2)9-11)19-17(20)14-10-18-16-6-4-3-5-13(14)16/h3-9,14,18H,10H2,1-2H3,(H,19,20). The predicted molar refractivity (Wildman–Crippen MR) is 82.2 cm³/mol. The smallest absolute Gasteiger partial charge is 0.233 e. The fourth-order valence-corrected chi connectivity index (χ4v) is 2.69. The molecule has 1 unspecified atom stereocenters. The largest absolute Gasteiger partial charge is 0.384 e. The number of amides is 1. The molecule has 1 amide bonds. The maximum atomic E-state index is 12.5. The molecule has 20 heavy (non-hydrogen) atoms. The lowest BCUT2D eigenvalue weighted by molar-refractivity contribution is -0.117. The number of hydrogen-bond acceptors (Lipinski definition) is 2. The Morgan fingerprint density at radius 3 is 2.80 bits per heavy atom. The summed E-state index contributed by atoms with van der Waals surface area (Å²) in [5, 5.41) is 6.32. The van der Waals surface area contributed by atoms with Crippen molar-refractivity contribution in [3.8, 4) is 0 Å². The minimum Gasteiger partial charge on any atom is -0.384 e. The predicted octanol–water partition coefficient (Wildman–Crippen LogP) is 3.45. The number of nitrogens with one attached hydrogen (secondary N) is 2. The Balaban J connectivity index is 1.81. The van der Waals surface area contributed by atoms with E-state index in [0.29, 0.717) is 6.54 Å². The SMILES string of the molecule is Cc1ccc(NC(=O)C2CNc3ccccc32)c(C)c1. The van der Waals surface area contributed by atoms with Crippen LogP contribution in [-0.2, 0) is 4.79 Å². The van der Waals surface area contributed by atoms with Gasteiger partial charge in [0.25, 0.3) is 0 Å². The van der Waals surface area contributed by atoms with Gasteiger partial charge >= 0.3 is 0 Å². The van der Waals surface area contributed by atoms with E-state index in [1.807, 2.05) is 43.3 Å². The van der Waals surface area contributed by atoms with Crippen molar-refractivity contribution in [2.45, 2.75) is 19.8 Å². The van der Waals surface area contributed by atoms with Crippen LogP contribution in [0.1, 0.15) is 22.6 Å². The topological polar surface area (TPSA) is 41.1 Å². The second-order valence-corrected chi connectivity index (χ2v) is 5.33. The molecule has 0 saturated carbocycles. The van der Waals surface area contributed by atoms with E-state index >= 15 is 0 Å². The highest BCUT2D eigenvalue weighted by molar-refractivity contribution is 5.98. The lowest BCUT2D eigenvalue weighted by atomic mass is 10.00. The maximum absolute atomic E-state index is 12.5. The van der Waals surface area contributed by atoms with E-state index in [0.717, 1.165) is 22.5 Å². The number of benzene rings is 2. The molecule has 0 aliphatic carbocycles. The minimum absolute atomic E-state index is 0.0504. The van der Waals surface area contributed by atoms with Crippen molar-refractivity contribution in [1.29, 1.82) is 0 Å². The van der Waals surface area contributed by atoms with Crippen molar-refractivity contribution in [2.75, 3.05) is 17.2 Å². The molecule has 1 atom stereocenters. The molecule has 2 aromatic rings. The molecule has 3 heteroatoms. The van der Waals surface area contributed by atoms with E-state index < -0.39 is 0 Å². The van der Waals surface area contributed by atoms with E-state index in [-0.39, 0.29) is 11.8 Å². The van der Waals surface area contributed by atoms with Crippen molar-refractivity contribution in [1.82, 2.24) is 0 Å². The third kappa shape index (κ3) is 2.27. The molecule has 0 saturated heterocycles. The molecule has 0 aromatic heterocycles. The molecular formula is C17H18N2O. The summed E-state index contributed by atoms with van der Waals surface area (Å²) in [5.74, 6) is -0.0682. The van der Waals surface area contributed by atoms with Crippen LogP contribution < -0.4 is 10.6 Å². The van der Waals surface area contributed by atoms with Gasteiger partial charge in [0.15, 0.2) is 0 Å². The third-order valence-corrected chi connectivity index (χ3v) is 3.79. The number of rotatable bonds is 2. The molecule has 0 radical (unpaired) electrons. The van der Waals surface area contributed by atoms with Crippen molar-refractivity contribution in [2.24, 2.45) is 0 Å². The molecular weight excluding hydrogens is 248 g/mol. The summed E-state index contributed by atoms with van der Waals surface area (Å²) in [6, 6.07) is 14.1. The quantitative estimate of drug-likeness (QED) is 0.874. The van der Waals surface area contributed by atoms with Crippen LogP contribution >= 0.6 is 0 Å². The summed E-state index contributed by atoms with van der Waals surface area (Å²) in [4.78, 5) is 12.5. The second-order valence-electron chi connectivity index (χ2n) is 5.33. The molecule has 0 bridgehead atoms. The monoisotopic (exact) mass is 266 g/mol. The van der Waals surface area contributed by atoms with Crippen molar-refractivity contribution in [3.63, 3.8) is 0 Å². The Hall–Kier alpha value is -2.29. The molecule has 2 aromatic carbocycles. The Morgan fingerprint density at radius 2 is 2.00 bits per heavy atom. The summed E-state index contributed by atoms with van der Waals surface area (Å²) < 4.78 is 0. The molecule has 1 aliphatic rings. The molecule has 1 aliphatic heterocycles. The number of hydrogen-bond donors (Lipinski definition) is 2. The average Bonchev–Trinajstić information content (AvgIpc) is 2.86. The fraction of sp³-hybridized carbons (Fsp3) is 0.235. The number of aryl methyl sites for hydroxylation is 2. The van der Waals surface area contributed by atoms with Gasteiger partial charge in [0.05, 0.1) is 5.92 Å². The highest BCUT2D eigenvalue weighted by atomic mass is 16.1. The van der Waals surface area contributed by atoms with E-state index in [4.69, 9.17) is 0 Å². The van der Waals surface area contributed by atoms with E-state index in [1.165, 1.54) is 5.56 Å². The number of carbonyl (C=O) groups is 1. The Morgan fingerprint density at radius 1 is 1.20 bits per heavy atom. The van der Waals surface area contributed by atoms with Crippen LogP contribution in [0, 0.1) is 13.8 Å². The van der Waals surface area contributed by atoms with Gasteiger partial charge < -0.3 is 10.6 Å². The minimum atomic E-state index is -0.119. The maximum Gasteiger partial charge on any atom is 0.233 e. The van der Waals surface area contributed by atoms with Gasteiger partial charge in [-0.15, -0.1) is 0 Å². The van der Waals surface area contributed by atoms with Crippen LogP contribution in [0.15, 0.2) is 42.5 Å². The van der Waals surface area contributed by atoms with E-state index in [2.05, 4.69) is 23.6 Å². The molecule has 3 nitrogen and oxygen atoms in total. The molecule has 102 valence electrons. The number of fused-ring (bicyclic) bond motifs is 1. The summed E-state index contributed by atoms with van der Waals surface area (Å²) in [5.41, 5.74) is 5.33. The van der Waals surface area contributed by atoms with E-state index in [9.17, 15) is 4.79 Å². The first-order valence-corrected chi connectivity index (χ1v) is 6.86. The van der Waals surface area contributed by atoms with Gasteiger partial charge in [-0.25, -0.2) is 0 Å². The number of carbonyl (C=O) groups excluding carboxylic acids is 1. The number of para-hydroxylation sites is 1. The third-order valence-electron chi connectivity index (χ3n) is 3.79. The lowest BCUT2D eigenvalue weighted by Gasteiger charge is -2.13. The zero-order chi connectivity index (χ0) is 14.1. The summed E-state index contributed by atoms with van der Waals surface area (Å²) >= 11 is 0. The Labute approximate surface area is 119 Å². The molecule has 0 spiro atoms. The molecule has 2 N–H and O–H groups in total. The van der Waals surface area contributed by atoms with Gasteiger partial charge in [-0.2, -0.15) is 0 Å². The average molecular weight is 266 g/mol. The first-order valence-electron chi connectivity index (χ1n) is 6.86. The van der Waals surface area contributed by atoms with Crippen LogP contribution in [0.25, 0.3) is 0 Å². The highest BCUT2D eigenvalue weighted by Crippen LogP contribution is 2.32. The van der Waals surface area contributed by atoms with Gasteiger partial charge in [0, 0.05) is 17.9 Å². The van der Waals surface area contributed by atoms with Gasteiger partial charge in [0.1, 0.15) is 0 Å². The lowest BCUT2D eigenvalue weighted by Crippen LogP contribution is -2.22. The first-order chi connectivity index (χ1) is 9.65. The van der Waals surface area contributed by atoms with Gasteiger partial charge in [-0.05, 0) is 37.1 Å². The zero-order valence-electron chi connectivity index (χ0n) is 11.7. The summed E-state index contributed by atoms with van der Waals surface area (Å²) in [6.07, 6.45) is 0. The van der Waals surface area contributed by atoms with Crippen molar-refractivity contribution >= 4 is 17.3 Å². The fourth-order valence-electron chi connectivity index (χ4n) is 2.69. The first kappa shape index (κ1) is 12.7. The normalized spacial score (nSPS) is 16.4. The number of anilines is 2. The summed E-state index contributed by atoms with van der Waals surface area (Å²) in [7, 11) is 0. The zero-order valence-corrected chi connectivity index (χ0v) is 11.7. The van der Waals surface area contributed by atoms with Crippen LogP contribution in [-0.4, -0.2) is 12.5 Å². The van der Waals surface area contributed by atoms with Crippen LogP contribution in [0.4, 0.5) is 11.4 Å². The van der Waals surface area contributed by atoms with Crippen molar-refractivity contribution < 1.29 is 4.79 Å². The molecule has 0 fully saturated rings. The Bertz CT molecular complexity index is 664. The molecule has 3 rings (SSSR count). The second kappa shape index (κ2) is 5.00. The Kier molecular flexibility index (Phi) is 3.18. The van der Waals surface area contributed by atoms with Gasteiger partial charge in [0.2, 0.25) is 5.91 Å². The summed E-state index contributed by atoms with van der Waals surface area (Å²) in [6.45, 7) is 4.73. The van der Waals surface area contributed by atoms with Gasteiger partial charge in [-0.1, -0.05) is 35.9 Å². The van der Waals surface area contributed by atoms with Crippen LogP contribution in [0.3, 0.4) is 0 Å². The van der Waals surface area contributed by atoms with E-state index in [1.54, 1.807) is 0 Å². The highest BCUT2D eigenvalue weighted by Gasteiger charge is 2.28. The van der Waals surface area contributed by atoms with Crippen molar-refractivity contribution in [3.05, 3.63) is 59.2 Å². The molecule has 1 heterocycles. The van der Waals surface area contributed by atoms with Crippen LogP contribution in [0.5, 0.6) is 0 Å².